The summed E-state index contributed by atoms with van der Waals surface area (Å²) >= 11 is 0. The first kappa shape index (κ1) is 20.1. The fourth-order valence-electron chi connectivity index (χ4n) is 2.03. The van der Waals surface area contributed by atoms with E-state index in [4.69, 9.17) is 4.74 Å². The fraction of sp³-hybridized carbons (Fsp3) is 0.438. The number of nitro benzene ring substituents is 1. The van der Waals surface area contributed by atoms with Crippen LogP contribution in [0.15, 0.2) is 18.2 Å². The summed E-state index contributed by atoms with van der Waals surface area (Å²) in [6, 6.07) is 2.64. The molecule has 0 fully saturated rings. The molecule has 0 unspecified atom stereocenters. The molecule has 1 aromatic carbocycles. The van der Waals surface area contributed by atoms with Crippen LogP contribution in [-0.2, 0) is 14.3 Å². The zero-order valence-corrected chi connectivity index (χ0v) is 14.2. The van der Waals surface area contributed by atoms with E-state index in [0.29, 0.717) is 12.7 Å². The molecule has 1 amide bonds. The predicted molar refractivity (Wildman–Crippen MR) is 87.4 cm³/mol. The van der Waals surface area contributed by atoms with E-state index in [1.165, 1.54) is 13.2 Å². The molecule has 0 bridgehead atoms. The second kappa shape index (κ2) is 9.36. The number of esters is 1. The Balaban J connectivity index is 2.77. The smallest absolute Gasteiger partial charge is 0.328 e. The average Bonchev–Trinajstić information content (AvgIpc) is 2.62. The molecule has 1 rings (SSSR count). The molecule has 0 aliphatic heterocycles. The molecule has 0 saturated heterocycles. The quantitative estimate of drug-likeness (QED) is 0.309. The Morgan fingerprint density at radius 2 is 2.08 bits per heavy atom. The number of hydrogen-bond donors (Lipinski definition) is 1. The van der Waals surface area contributed by atoms with Crippen molar-refractivity contribution in [2.45, 2.75) is 26.3 Å². The van der Waals surface area contributed by atoms with Crippen molar-refractivity contribution in [3.8, 4) is 5.75 Å². The van der Waals surface area contributed by atoms with E-state index in [1.807, 2.05) is 6.92 Å². The minimum Gasteiger partial charge on any atom is -0.483 e. The van der Waals surface area contributed by atoms with Gasteiger partial charge in [-0.2, -0.15) is 0 Å². The van der Waals surface area contributed by atoms with Crippen molar-refractivity contribution in [3.05, 3.63) is 33.9 Å². The van der Waals surface area contributed by atoms with Crippen molar-refractivity contribution in [2.24, 2.45) is 5.92 Å². The summed E-state index contributed by atoms with van der Waals surface area (Å²) in [6.45, 7) is 3.21. The normalized spacial score (nSPS) is 12.6. The van der Waals surface area contributed by atoms with Crippen LogP contribution >= 0.6 is 0 Å². The van der Waals surface area contributed by atoms with Crippen LogP contribution in [0.5, 0.6) is 5.75 Å². The number of carbonyl (C=O) groups is 3. The van der Waals surface area contributed by atoms with Gasteiger partial charge in [0.1, 0.15) is 11.8 Å². The molecule has 9 nitrogen and oxygen atoms in total. The summed E-state index contributed by atoms with van der Waals surface area (Å²) in [6.07, 6.45) is 1.05. The van der Waals surface area contributed by atoms with Crippen LogP contribution in [0.2, 0.25) is 0 Å². The first-order valence-corrected chi connectivity index (χ1v) is 7.57. The monoisotopic (exact) mass is 352 g/mol. The lowest BCUT2D eigenvalue weighted by Gasteiger charge is -2.21. The molecule has 1 aromatic rings. The molecule has 0 aromatic heterocycles. The Kier molecular flexibility index (Phi) is 7.51. The predicted octanol–water partition coefficient (Wildman–Crippen LogP) is 1.49. The minimum atomic E-state index is -0.812. The number of nitrogens with one attached hydrogen (secondary N) is 1. The second-order valence-electron chi connectivity index (χ2n) is 5.34. The summed E-state index contributed by atoms with van der Waals surface area (Å²) in [5, 5.41) is 13.2. The van der Waals surface area contributed by atoms with Crippen molar-refractivity contribution in [3.63, 3.8) is 0 Å². The van der Waals surface area contributed by atoms with Gasteiger partial charge in [0.2, 0.25) is 0 Å². The van der Waals surface area contributed by atoms with Crippen LogP contribution in [0.25, 0.3) is 0 Å². The number of aldehydes is 1. The standard InChI is InChI=1S/C16H20N2O7/c1-4-10(2)15(16(21)24-3)17-14(20)9-25-13-6-5-12(18(22)23)7-11(13)8-19/h5-8,10,15H,4,9H2,1-3H3,(H,17,20)/t10-,15-/m1/s1. The number of non-ortho nitro benzene ring substituents is 1. The molecule has 0 saturated carbocycles. The van der Waals surface area contributed by atoms with E-state index < -0.39 is 29.4 Å². The number of methoxy groups -OCH3 is 1. The van der Waals surface area contributed by atoms with Crippen LogP contribution in [0.3, 0.4) is 0 Å². The van der Waals surface area contributed by atoms with Gasteiger partial charge in [0.05, 0.1) is 17.6 Å². The lowest BCUT2D eigenvalue weighted by Crippen LogP contribution is -2.47. The first-order chi connectivity index (χ1) is 11.8. The number of hydrogen-bond acceptors (Lipinski definition) is 7. The molecule has 2 atom stereocenters. The van der Waals surface area contributed by atoms with Gasteiger partial charge in [-0.3, -0.25) is 19.7 Å². The van der Waals surface area contributed by atoms with Crippen molar-refractivity contribution >= 4 is 23.9 Å². The molecular weight excluding hydrogens is 332 g/mol. The highest BCUT2D eigenvalue weighted by molar-refractivity contribution is 5.86. The number of nitrogens with zero attached hydrogens (tertiary/aromatic N) is 1. The van der Waals surface area contributed by atoms with E-state index in [9.17, 15) is 24.5 Å². The van der Waals surface area contributed by atoms with E-state index >= 15 is 0 Å². The number of ether oxygens (including phenoxy) is 2. The Morgan fingerprint density at radius 3 is 2.60 bits per heavy atom. The first-order valence-electron chi connectivity index (χ1n) is 7.57. The number of nitro groups is 1. The zero-order chi connectivity index (χ0) is 19.0. The number of amides is 1. The number of benzene rings is 1. The van der Waals surface area contributed by atoms with Crippen molar-refractivity contribution in [2.75, 3.05) is 13.7 Å². The van der Waals surface area contributed by atoms with Gasteiger partial charge in [-0.25, -0.2) is 4.79 Å². The lowest BCUT2D eigenvalue weighted by atomic mass is 9.99. The van der Waals surface area contributed by atoms with Crippen LogP contribution in [0.4, 0.5) is 5.69 Å². The van der Waals surface area contributed by atoms with E-state index in [-0.39, 0.29) is 22.9 Å². The highest BCUT2D eigenvalue weighted by atomic mass is 16.6. The van der Waals surface area contributed by atoms with Gasteiger partial charge >= 0.3 is 5.97 Å². The maximum atomic E-state index is 12.0. The van der Waals surface area contributed by atoms with E-state index in [2.05, 4.69) is 10.1 Å². The zero-order valence-electron chi connectivity index (χ0n) is 14.2. The van der Waals surface area contributed by atoms with E-state index in [1.54, 1.807) is 6.92 Å². The van der Waals surface area contributed by atoms with Gasteiger partial charge in [0.15, 0.2) is 12.9 Å². The highest BCUT2D eigenvalue weighted by Crippen LogP contribution is 2.22. The molecular formula is C16H20N2O7. The van der Waals surface area contributed by atoms with Crippen LogP contribution < -0.4 is 10.1 Å². The molecule has 1 N–H and O–H groups in total. The van der Waals surface area contributed by atoms with Crippen molar-refractivity contribution < 1.29 is 28.8 Å². The molecule has 0 heterocycles. The van der Waals surface area contributed by atoms with Gasteiger partial charge < -0.3 is 14.8 Å². The number of rotatable bonds is 9. The third-order valence-corrected chi connectivity index (χ3v) is 3.67. The molecule has 25 heavy (non-hydrogen) atoms. The molecule has 136 valence electrons. The third-order valence-electron chi connectivity index (χ3n) is 3.67. The summed E-state index contributed by atoms with van der Waals surface area (Å²) in [5.41, 5.74) is -0.310. The van der Waals surface area contributed by atoms with Crippen LogP contribution in [0.1, 0.15) is 30.6 Å². The largest absolute Gasteiger partial charge is 0.483 e. The summed E-state index contributed by atoms with van der Waals surface area (Å²) < 4.78 is 9.90. The molecule has 0 radical (unpaired) electrons. The van der Waals surface area contributed by atoms with Gasteiger partial charge in [-0.1, -0.05) is 20.3 Å². The lowest BCUT2D eigenvalue weighted by molar-refractivity contribution is -0.384. The maximum Gasteiger partial charge on any atom is 0.328 e. The minimum absolute atomic E-state index is 0.0360. The Bertz CT molecular complexity index is 660. The topological polar surface area (TPSA) is 125 Å². The summed E-state index contributed by atoms with van der Waals surface area (Å²) in [4.78, 5) is 44.8. The van der Waals surface area contributed by atoms with Crippen LogP contribution in [0, 0.1) is 16.0 Å². The van der Waals surface area contributed by atoms with Gasteiger partial charge in [0, 0.05) is 12.1 Å². The third kappa shape index (κ3) is 5.55. The van der Waals surface area contributed by atoms with Crippen molar-refractivity contribution in [1.29, 1.82) is 0 Å². The average molecular weight is 352 g/mol. The maximum absolute atomic E-state index is 12.0. The Labute approximate surface area is 144 Å². The van der Waals surface area contributed by atoms with Crippen molar-refractivity contribution in [1.82, 2.24) is 5.32 Å². The fourth-order valence-corrected chi connectivity index (χ4v) is 2.03. The highest BCUT2D eigenvalue weighted by Gasteiger charge is 2.26. The Hall–Kier alpha value is -2.97. The molecule has 0 aliphatic carbocycles. The second-order valence-corrected chi connectivity index (χ2v) is 5.34. The molecule has 0 aliphatic rings. The van der Waals surface area contributed by atoms with Crippen LogP contribution in [-0.4, -0.2) is 42.8 Å². The molecule has 0 spiro atoms. The summed E-state index contributed by atoms with van der Waals surface area (Å²) in [5.74, 6) is -1.24. The SMILES string of the molecule is CC[C@@H](C)[C@@H](NC(=O)COc1ccc([N+](=O)[O-])cc1C=O)C(=O)OC. The summed E-state index contributed by atoms with van der Waals surface area (Å²) in [7, 11) is 1.23. The number of carbonyl (C=O) groups excluding carboxylic acids is 3. The van der Waals surface area contributed by atoms with Gasteiger partial charge in [0.25, 0.3) is 11.6 Å². The van der Waals surface area contributed by atoms with Gasteiger partial charge in [-0.05, 0) is 12.0 Å². The van der Waals surface area contributed by atoms with E-state index in [0.717, 1.165) is 12.1 Å². The van der Waals surface area contributed by atoms with Gasteiger partial charge in [-0.15, -0.1) is 0 Å². The Morgan fingerprint density at radius 1 is 1.40 bits per heavy atom. The molecule has 9 heteroatoms.